The topological polar surface area (TPSA) is 126 Å². The number of hydrogen-bond donors (Lipinski definition) is 4. The number of aliphatic hydroxyl groups is 2. The highest BCUT2D eigenvalue weighted by atomic mass is 79.9. The van der Waals surface area contributed by atoms with Crippen LogP contribution in [0, 0.1) is 0 Å². The lowest BCUT2D eigenvalue weighted by Gasteiger charge is -2.11. The van der Waals surface area contributed by atoms with Crippen LogP contribution in [-0.4, -0.2) is 42.9 Å². The second kappa shape index (κ2) is 5.74. The summed E-state index contributed by atoms with van der Waals surface area (Å²) in [7, 11) is -3.86. The van der Waals surface area contributed by atoms with Crippen molar-refractivity contribution in [2.75, 3.05) is 18.9 Å². The Morgan fingerprint density at radius 2 is 2.24 bits per heavy atom. The molecule has 96 valence electrons. The van der Waals surface area contributed by atoms with Crippen molar-refractivity contribution in [1.29, 1.82) is 0 Å². The van der Waals surface area contributed by atoms with Crippen molar-refractivity contribution in [3.63, 3.8) is 0 Å². The molecule has 5 N–H and O–H groups in total. The van der Waals surface area contributed by atoms with E-state index in [0.29, 0.717) is 4.47 Å². The van der Waals surface area contributed by atoms with Crippen molar-refractivity contribution in [3.05, 3.63) is 16.7 Å². The molecule has 1 atom stereocenters. The Bertz CT molecular complexity index is 494. The zero-order valence-electron chi connectivity index (χ0n) is 8.67. The Kier molecular flexibility index (Phi) is 4.83. The molecule has 1 aromatic heterocycles. The monoisotopic (exact) mass is 325 g/mol. The van der Waals surface area contributed by atoms with E-state index < -0.39 is 22.7 Å². The van der Waals surface area contributed by atoms with Gasteiger partial charge < -0.3 is 15.9 Å². The van der Waals surface area contributed by atoms with E-state index in [1.54, 1.807) is 0 Å². The Labute approximate surface area is 107 Å². The average molecular weight is 326 g/mol. The lowest BCUT2D eigenvalue weighted by atomic mass is 10.4. The maximum Gasteiger partial charge on any atom is 0.244 e. The Balaban J connectivity index is 2.93. The first kappa shape index (κ1) is 14.3. The van der Waals surface area contributed by atoms with Crippen LogP contribution in [0.3, 0.4) is 0 Å². The number of rotatable bonds is 5. The largest absolute Gasteiger partial charge is 0.394 e. The predicted octanol–water partition coefficient (Wildman–Crippen LogP) is -0.942. The number of nitrogens with zero attached hydrogens (tertiary/aromatic N) is 1. The fourth-order valence-corrected chi connectivity index (χ4v) is 2.65. The number of hydrogen-bond acceptors (Lipinski definition) is 6. The zero-order valence-corrected chi connectivity index (χ0v) is 11.1. The summed E-state index contributed by atoms with van der Waals surface area (Å²) in [5.74, 6) is -0.140. The van der Waals surface area contributed by atoms with Crippen LogP contribution < -0.4 is 10.5 Å². The third-order valence-corrected chi connectivity index (χ3v) is 3.74. The summed E-state index contributed by atoms with van der Waals surface area (Å²) in [5, 5.41) is 17.6. The molecule has 1 rings (SSSR count). The molecule has 0 bridgehead atoms. The number of aromatic nitrogens is 1. The van der Waals surface area contributed by atoms with Gasteiger partial charge in [0.25, 0.3) is 0 Å². The molecule has 1 heterocycles. The van der Waals surface area contributed by atoms with Crippen LogP contribution in [0.5, 0.6) is 0 Å². The van der Waals surface area contributed by atoms with E-state index in [-0.39, 0.29) is 17.3 Å². The number of aliphatic hydroxyl groups excluding tert-OH is 2. The van der Waals surface area contributed by atoms with Gasteiger partial charge in [-0.3, -0.25) is 0 Å². The molecule has 0 radical (unpaired) electrons. The van der Waals surface area contributed by atoms with Crippen LogP contribution in [-0.2, 0) is 10.0 Å². The highest BCUT2D eigenvalue weighted by Crippen LogP contribution is 2.20. The lowest BCUT2D eigenvalue weighted by molar-refractivity contribution is 0.0988. The molecule has 0 fully saturated rings. The fourth-order valence-electron chi connectivity index (χ4n) is 0.995. The van der Waals surface area contributed by atoms with Crippen LogP contribution >= 0.6 is 15.9 Å². The van der Waals surface area contributed by atoms with Gasteiger partial charge >= 0.3 is 0 Å². The Hall–Kier alpha value is -0.740. The molecule has 0 amide bonds. The van der Waals surface area contributed by atoms with Gasteiger partial charge in [-0.2, -0.15) is 0 Å². The van der Waals surface area contributed by atoms with Crippen LogP contribution in [0.4, 0.5) is 5.82 Å². The van der Waals surface area contributed by atoms with E-state index >= 15 is 0 Å². The SMILES string of the molecule is Nc1ncc(Br)cc1S(=O)(=O)NCC(O)CO. The van der Waals surface area contributed by atoms with Crippen molar-refractivity contribution < 1.29 is 18.6 Å². The number of halogens is 1. The average Bonchev–Trinajstić information content (AvgIpc) is 2.29. The van der Waals surface area contributed by atoms with Gasteiger partial charge in [0.15, 0.2) is 0 Å². The summed E-state index contributed by atoms with van der Waals surface area (Å²) in [6, 6.07) is 1.30. The predicted molar refractivity (Wildman–Crippen MR) is 64.6 cm³/mol. The van der Waals surface area contributed by atoms with Crippen molar-refractivity contribution in [1.82, 2.24) is 9.71 Å². The zero-order chi connectivity index (χ0) is 13.1. The van der Waals surface area contributed by atoms with Crippen LogP contribution in [0.25, 0.3) is 0 Å². The second-order valence-electron chi connectivity index (χ2n) is 3.23. The highest BCUT2D eigenvalue weighted by Gasteiger charge is 2.19. The number of pyridine rings is 1. The van der Waals surface area contributed by atoms with Gasteiger partial charge in [-0.1, -0.05) is 0 Å². The summed E-state index contributed by atoms with van der Waals surface area (Å²) in [4.78, 5) is 3.51. The smallest absolute Gasteiger partial charge is 0.244 e. The highest BCUT2D eigenvalue weighted by molar-refractivity contribution is 9.10. The van der Waals surface area contributed by atoms with Gasteiger partial charge in [0.2, 0.25) is 10.0 Å². The van der Waals surface area contributed by atoms with E-state index in [0.717, 1.165) is 0 Å². The minimum absolute atomic E-state index is 0.140. The molecular formula is C8H12BrN3O4S. The lowest BCUT2D eigenvalue weighted by Crippen LogP contribution is -2.34. The minimum Gasteiger partial charge on any atom is -0.394 e. The number of sulfonamides is 1. The van der Waals surface area contributed by atoms with Gasteiger partial charge in [-0.25, -0.2) is 18.1 Å². The number of nitrogens with one attached hydrogen (secondary N) is 1. The van der Waals surface area contributed by atoms with Crippen LogP contribution in [0.15, 0.2) is 21.6 Å². The molecule has 0 saturated carbocycles. The van der Waals surface area contributed by atoms with Crippen molar-refractivity contribution >= 4 is 31.8 Å². The van der Waals surface area contributed by atoms with Gasteiger partial charge in [-0.15, -0.1) is 0 Å². The van der Waals surface area contributed by atoms with Crippen LogP contribution in [0.1, 0.15) is 0 Å². The van der Waals surface area contributed by atoms with E-state index in [2.05, 4.69) is 25.6 Å². The molecule has 0 aliphatic heterocycles. The molecule has 0 saturated heterocycles. The van der Waals surface area contributed by atoms with Crippen molar-refractivity contribution in [2.45, 2.75) is 11.0 Å². The van der Waals surface area contributed by atoms with E-state index in [9.17, 15) is 8.42 Å². The molecule has 1 unspecified atom stereocenters. The third-order valence-electron chi connectivity index (χ3n) is 1.86. The first-order valence-corrected chi connectivity index (χ1v) is 6.84. The molecule has 0 aliphatic rings. The summed E-state index contributed by atoms with van der Waals surface area (Å²) in [6.45, 7) is -0.834. The Morgan fingerprint density at radius 1 is 1.59 bits per heavy atom. The van der Waals surface area contributed by atoms with Gasteiger partial charge in [0, 0.05) is 17.2 Å². The molecule has 0 spiro atoms. The van der Waals surface area contributed by atoms with Gasteiger partial charge in [0.05, 0.1) is 12.7 Å². The summed E-state index contributed by atoms with van der Waals surface area (Å²) < 4.78 is 26.1. The molecular weight excluding hydrogens is 314 g/mol. The molecule has 1 aromatic rings. The van der Waals surface area contributed by atoms with Crippen molar-refractivity contribution in [2.24, 2.45) is 0 Å². The molecule has 7 nitrogen and oxygen atoms in total. The van der Waals surface area contributed by atoms with E-state index in [4.69, 9.17) is 15.9 Å². The summed E-state index contributed by atoms with van der Waals surface area (Å²) >= 11 is 3.08. The second-order valence-corrected chi connectivity index (χ2v) is 5.88. The molecule has 0 aromatic carbocycles. The molecule has 9 heteroatoms. The van der Waals surface area contributed by atoms with E-state index in [1.165, 1.54) is 12.3 Å². The van der Waals surface area contributed by atoms with Crippen molar-refractivity contribution in [3.8, 4) is 0 Å². The fraction of sp³-hybridized carbons (Fsp3) is 0.375. The first-order chi connectivity index (χ1) is 7.86. The quantitative estimate of drug-likeness (QED) is 0.553. The van der Waals surface area contributed by atoms with Gasteiger partial charge in [-0.05, 0) is 22.0 Å². The Morgan fingerprint density at radius 3 is 2.82 bits per heavy atom. The first-order valence-electron chi connectivity index (χ1n) is 4.56. The summed E-state index contributed by atoms with van der Waals surface area (Å²) in [5.41, 5.74) is 5.45. The summed E-state index contributed by atoms with van der Waals surface area (Å²) in [6.07, 6.45) is 0.211. The van der Waals surface area contributed by atoms with E-state index in [1.807, 2.05) is 0 Å². The normalized spacial score (nSPS) is 13.6. The molecule has 0 aliphatic carbocycles. The minimum atomic E-state index is -3.86. The maximum atomic E-state index is 11.8. The number of anilines is 1. The van der Waals surface area contributed by atoms with Crippen LogP contribution in [0.2, 0.25) is 0 Å². The van der Waals surface area contributed by atoms with Gasteiger partial charge in [0.1, 0.15) is 10.7 Å². The maximum absolute atomic E-state index is 11.8. The number of nitrogen functional groups attached to an aromatic ring is 1. The third kappa shape index (κ3) is 3.89. The standard InChI is InChI=1S/C8H12BrN3O4S/c9-5-1-7(8(10)11-2-5)17(15,16)12-3-6(14)4-13/h1-2,6,12-14H,3-4H2,(H2,10,11). The number of nitrogens with two attached hydrogens (primary N) is 1. The molecule has 17 heavy (non-hydrogen) atoms.